The van der Waals surface area contributed by atoms with Gasteiger partial charge in [-0.25, -0.2) is 9.78 Å². The third kappa shape index (κ3) is 5.13. The lowest BCUT2D eigenvalue weighted by Crippen LogP contribution is -2.38. The Morgan fingerprint density at radius 1 is 1.27 bits per heavy atom. The van der Waals surface area contributed by atoms with Gasteiger partial charge in [0.25, 0.3) is 5.79 Å². The van der Waals surface area contributed by atoms with E-state index in [-0.39, 0.29) is 29.5 Å². The van der Waals surface area contributed by atoms with Gasteiger partial charge in [-0.2, -0.15) is 5.10 Å². The van der Waals surface area contributed by atoms with E-state index < -0.39 is 25.2 Å². The number of halogens is 1. The molecule has 5 heterocycles. The normalized spacial score (nSPS) is 23.0. The molecule has 7 rings (SSSR count). The van der Waals surface area contributed by atoms with Crippen molar-refractivity contribution in [2.75, 3.05) is 31.2 Å². The van der Waals surface area contributed by atoms with Crippen molar-refractivity contribution in [3.8, 4) is 17.2 Å². The molecule has 0 saturated carbocycles. The number of rotatable bonds is 9. The summed E-state index contributed by atoms with van der Waals surface area (Å²) in [6.45, 7) is -2.33. The van der Waals surface area contributed by atoms with Crippen LogP contribution in [0, 0.1) is 0 Å². The summed E-state index contributed by atoms with van der Waals surface area (Å²) in [5, 5.41) is 16.8. The minimum absolute atomic E-state index is 0.130. The molecule has 3 aliphatic heterocycles. The van der Waals surface area contributed by atoms with Crippen LogP contribution in [-0.4, -0.2) is 69.3 Å². The van der Waals surface area contributed by atoms with E-state index in [2.05, 4.69) is 10.1 Å². The molecule has 4 aromatic rings. The molecule has 1 N–H and O–H groups in total. The number of fused-ring (bicyclic) bond motifs is 2. The monoisotopic (exact) mass is 623 g/mol. The Kier molecular flexibility index (Phi) is 5.82. The van der Waals surface area contributed by atoms with Crippen molar-refractivity contribution >= 4 is 40.6 Å². The highest BCUT2D eigenvalue weighted by Gasteiger charge is 2.42. The molecule has 0 spiro atoms. The van der Waals surface area contributed by atoms with Crippen molar-refractivity contribution in [2.45, 2.75) is 45.2 Å². The molecule has 1 fully saturated rings. The number of carbonyl (C=O) groups is 1. The van der Waals surface area contributed by atoms with Crippen molar-refractivity contribution in [1.82, 2.24) is 19.5 Å². The summed E-state index contributed by atoms with van der Waals surface area (Å²) < 4.78 is 64.1. The number of anilines is 1. The van der Waals surface area contributed by atoms with Gasteiger partial charge in [-0.3, -0.25) is 9.99 Å². The number of pyridine rings is 1. The number of carboxylic acid groups (broad SMARTS) is 1. The average Bonchev–Trinajstić information content (AvgIpc) is 3.56. The Balaban J connectivity index is 1.17. The van der Waals surface area contributed by atoms with Gasteiger partial charge in [-0.05, 0) is 49.7 Å². The van der Waals surface area contributed by atoms with E-state index in [1.807, 2.05) is 23.1 Å². The van der Waals surface area contributed by atoms with E-state index in [1.165, 1.54) is 12.3 Å². The molecule has 2 aromatic heterocycles. The predicted molar refractivity (Wildman–Crippen MR) is 163 cm³/mol. The summed E-state index contributed by atoms with van der Waals surface area (Å²) in [7, 11) is 0. The summed E-state index contributed by atoms with van der Waals surface area (Å²) in [5.74, 6) is -1.15. The maximum atomic E-state index is 12.1. The highest BCUT2D eigenvalue weighted by Crippen LogP contribution is 2.49. The van der Waals surface area contributed by atoms with Crippen molar-refractivity contribution < 1.29 is 35.7 Å². The maximum absolute atomic E-state index is 12.1. The number of aromatic carboxylic acids is 1. The fourth-order valence-corrected chi connectivity index (χ4v) is 5.59. The van der Waals surface area contributed by atoms with Crippen LogP contribution >= 0.6 is 11.6 Å². The quantitative estimate of drug-likeness (QED) is 0.276. The molecule has 0 radical (unpaired) electrons. The number of hydrogen-bond acceptors (Lipinski definition) is 10. The van der Waals surface area contributed by atoms with Crippen LogP contribution in [-0.2, 0) is 23.6 Å². The first-order valence-corrected chi connectivity index (χ1v) is 14.3. The highest BCUT2D eigenvalue weighted by molar-refractivity contribution is 6.30. The van der Waals surface area contributed by atoms with Crippen LogP contribution in [0.4, 0.5) is 5.69 Å². The van der Waals surface area contributed by atoms with Gasteiger partial charge >= 0.3 is 5.97 Å². The van der Waals surface area contributed by atoms with Gasteiger partial charge in [-0.15, -0.1) is 0 Å². The highest BCUT2D eigenvalue weighted by atomic mass is 35.5. The van der Waals surface area contributed by atoms with Crippen LogP contribution in [0.2, 0.25) is 5.02 Å². The second-order valence-corrected chi connectivity index (χ2v) is 11.1. The number of para-hydroxylation sites is 1. The third-order valence-electron chi connectivity index (χ3n) is 7.82. The Hall–Kier alpha value is -4.55. The summed E-state index contributed by atoms with van der Waals surface area (Å²) in [6.07, 6.45) is 3.86. The first kappa shape index (κ1) is 22.9. The van der Waals surface area contributed by atoms with Crippen molar-refractivity contribution in [2.24, 2.45) is 5.10 Å². The van der Waals surface area contributed by atoms with Gasteiger partial charge in [0.2, 0.25) is 0 Å². The number of hydrazone groups is 1. The zero-order valence-electron chi connectivity index (χ0n) is 28.6. The van der Waals surface area contributed by atoms with Crippen LogP contribution < -0.4 is 19.1 Å². The maximum Gasteiger partial charge on any atom is 0.335 e. The van der Waals surface area contributed by atoms with Gasteiger partial charge in [-0.1, -0.05) is 17.7 Å². The molecule has 2 atom stereocenters. The number of aromatic nitrogens is 3. The van der Waals surface area contributed by atoms with E-state index in [1.54, 1.807) is 35.0 Å². The molecular weight excluding hydrogens is 588 g/mol. The lowest BCUT2D eigenvalue weighted by molar-refractivity contribution is -0.0715. The minimum atomic E-state index is -3.14. The fraction of sp³-hybridized carbons (Fsp3) is 0.355. The van der Waals surface area contributed by atoms with Crippen LogP contribution in [0.15, 0.2) is 53.8 Å². The third-order valence-corrected chi connectivity index (χ3v) is 8.05. The number of nitrogens with zero attached hydrogens (tertiary/aromatic N) is 6. The van der Waals surface area contributed by atoms with Crippen LogP contribution in [0.3, 0.4) is 0 Å². The predicted octanol–water partition coefficient (Wildman–Crippen LogP) is 4.88. The number of benzene rings is 2. The number of imidazole rings is 1. The van der Waals surface area contributed by atoms with E-state index in [0.717, 1.165) is 18.2 Å². The van der Waals surface area contributed by atoms with Gasteiger partial charge in [0.05, 0.1) is 56.8 Å². The molecule has 13 heteroatoms. The Bertz CT molecular complexity index is 1950. The van der Waals surface area contributed by atoms with E-state index >= 15 is 0 Å². The molecule has 1 saturated heterocycles. The van der Waals surface area contributed by atoms with Crippen molar-refractivity contribution in [1.29, 1.82) is 0 Å². The molecule has 1 unspecified atom stereocenters. The smallest absolute Gasteiger partial charge is 0.335 e. The molecule has 44 heavy (non-hydrogen) atoms. The fourth-order valence-electron chi connectivity index (χ4n) is 5.48. The number of ether oxygens (including phenoxy) is 4. The van der Waals surface area contributed by atoms with Gasteiger partial charge in [0.15, 0.2) is 11.5 Å². The summed E-state index contributed by atoms with van der Waals surface area (Å²) in [6, 6.07) is 11.6. The number of hydrogen-bond donors (Lipinski definition) is 1. The molecule has 0 amide bonds. The topological polar surface area (TPSA) is 124 Å². The molecule has 0 bridgehead atoms. The summed E-state index contributed by atoms with van der Waals surface area (Å²) in [5.41, 5.74) is 1.58. The minimum Gasteiger partial charge on any atom is -0.492 e. The van der Waals surface area contributed by atoms with Gasteiger partial charge in [0, 0.05) is 30.4 Å². The van der Waals surface area contributed by atoms with Gasteiger partial charge < -0.3 is 33.5 Å². The molecule has 0 aliphatic carbocycles. The van der Waals surface area contributed by atoms with E-state index in [9.17, 15) is 9.90 Å². The lowest BCUT2D eigenvalue weighted by atomic mass is 10.1. The zero-order valence-corrected chi connectivity index (χ0v) is 24.3. The van der Waals surface area contributed by atoms with Crippen molar-refractivity contribution in [3.63, 3.8) is 0 Å². The Morgan fingerprint density at radius 3 is 2.86 bits per heavy atom. The average molecular weight is 624 g/mol. The molecule has 12 nitrogen and oxygen atoms in total. The van der Waals surface area contributed by atoms with Crippen LogP contribution in [0.1, 0.15) is 48.9 Å². The second-order valence-electron chi connectivity index (χ2n) is 10.7. The molecule has 3 aliphatic rings. The molecular formula is C31H31ClN6O6. The first-order valence-electron chi connectivity index (χ1n) is 16.5. The summed E-state index contributed by atoms with van der Waals surface area (Å²) >= 11 is 6.03. The summed E-state index contributed by atoms with van der Waals surface area (Å²) in [4.78, 5) is 23.1. The Labute approximate surface area is 265 Å². The van der Waals surface area contributed by atoms with Crippen LogP contribution in [0.5, 0.6) is 17.2 Å². The van der Waals surface area contributed by atoms with E-state index in [0.29, 0.717) is 59.8 Å². The molecule has 228 valence electrons. The van der Waals surface area contributed by atoms with Crippen molar-refractivity contribution in [3.05, 3.63) is 70.8 Å². The van der Waals surface area contributed by atoms with Gasteiger partial charge in [0.1, 0.15) is 29.1 Å². The standard InChI is InChI=1S/C31H31ClN6O6/c1-3-41-25-14-19(30(39)40)13-23-28(25)35-27(38(23)16-21-9-12-42-21)17-37-11-10-36(18-34-37)22-5-4-6-24-29(22)44-31(2,43-24)26-8-7-20(32)15-33-26/h4-8,13-15,18,21H,3,9-12,16-17H2,1-2H3,(H,39,40)/t21-,31?/m0/s1/i1D3,3D2. The SMILES string of the molecule is [2H]C([2H])([2H])C([2H])([2H])Oc1cc(C(=O)O)cc2c1nc(CN1CCN(c3cccc4c3OC(C)(c3ccc(Cl)cn3)O4)C=N1)n2C[C@@H]1CCO1. The Morgan fingerprint density at radius 2 is 2.16 bits per heavy atom. The second kappa shape index (κ2) is 11.2. The zero-order chi connectivity index (χ0) is 34.7. The largest absolute Gasteiger partial charge is 0.492 e. The van der Waals surface area contributed by atoms with Crippen LogP contribution in [0.25, 0.3) is 11.0 Å². The lowest BCUT2D eigenvalue weighted by Gasteiger charge is -2.31. The van der Waals surface area contributed by atoms with E-state index in [4.69, 9.17) is 42.4 Å². The number of carboxylic acids is 1. The molecule has 2 aromatic carbocycles. The first-order chi connectivity index (χ1) is 23.2.